The minimum Gasteiger partial charge on any atom is -0.438 e. The van der Waals surface area contributed by atoms with Gasteiger partial charge in [0.25, 0.3) is 0 Å². The zero-order chi connectivity index (χ0) is 79.1. The van der Waals surface area contributed by atoms with Crippen molar-refractivity contribution in [3.05, 3.63) is 147 Å². The number of carbonyl (C=O) groups excluding carboxylic acids is 9. The van der Waals surface area contributed by atoms with Gasteiger partial charge in [-0.25, -0.2) is 4.98 Å². The fraction of sp³-hybridized carbons (Fsp3) is 0.513. The van der Waals surface area contributed by atoms with Crippen LogP contribution in [-0.2, 0) is 119 Å². The van der Waals surface area contributed by atoms with Gasteiger partial charge in [-0.05, 0) is 144 Å². The largest absolute Gasteiger partial charge is 0.438 e. The molecule has 0 unspecified atom stereocenters. The monoisotopic (exact) mass is 1540 g/mol. The van der Waals surface area contributed by atoms with Crippen molar-refractivity contribution in [3.8, 4) is 10.4 Å². The molecule has 7 amide bonds. The highest BCUT2D eigenvalue weighted by Crippen LogP contribution is 2.67. The van der Waals surface area contributed by atoms with Crippen molar-refractivity contribution in [2.75, 3.05) is 51.5 Å². The molecule has 4 heterocycles. The van der Waals surface area contributed by atoms with Crippen molar-refractivity contribution in [1.29, 1.82) is 0 Å². The van der Waals surface area contributed by atoms with Crippen LogP contribution in [0.1, 0.15) is 153 Å². The first-order valence-corrected chi connectivity index (χ1v) is 38.4. The number of allylic oxidation sites excluding steroid dienone is 1. The number of hydrogen-bond donors (Lipinski definition) is 6. The number of aliphatic hydroxyl groups excluding tert-OH is 1. The van der Waals surface area contributed by atoms with Crippen LogP contribution in [0.5, 0.6) is 0 Å². The molecule has 0 saturated carbocycles. The zero-order valence-electron chi connectivity index (χ0n) is 63.3. The van der Waals surface area contributed by atoms with E-state index >= 15 is 8.78 Å². The number of benzene rings is 4. The number of β-amino-alcohol motifs (C(OH)–C–C–N with tert-alkyl or cyclic N) is 1. The highest BCUT2D eigenvalue weighted by atomic mass is 32.1. The molecule has 3 aliphatic heterocycles. The Morgan fingerprint density at radius 2 is 1.41 bits per heavy atom. The summed E-state index contributed by atoms with van der Waals surface area (Å²) in [4.78, 5) is 129. The molecule has 1 aromatic heterocycles. The minimum atomic E-state index is -5.62. The number of nitrogens with one attached hydrogen (secondary N) is 4. The number of rotatable bonds is 35. The number of halogens is 2. The zero-order valence-corrected chi connectivity index (χ0v) is 65.0. The third-order valence-corrected chi connectivity index (χ3v) is 21.5. The Kier molecular flexibility index (Phi) is 29.2. The lowest BCUT2D eigenvalue weighted by Gasteiger charge is -2.35. The van der Waals surface area contributed by atoms with Crippen molar-refractivity contribution in [2.45, 2.75) is 196 Å². The number of amides is 7. The number of alkyl halides is 2. The maximum Gasteiger partial charge on any atom is 0.410 e. The van der Waals surface area contributed by atoms with Gasteiger partial charge in [-0.3, -0.25) is 61.7 Å². The van der Waals surface area contributed by atoms with Crippen LogP contribution in [0.15, 0.2) is 103 Å². The molecule has 108 heavy (non-hydrogen) atoms. The Bertz CT molecular complexity index is 4060. The first-order chi connectivity index (χ1) is 50.8. The number of esters is 2. The number of thiazole rings is 1. The highest BCUT2D eigenvalue weighted by molar-refractivity contribution is 7.54. The molecule has 7 N–H and O–H groups in total. The lowest BCUT2D eigenvalue weighted by molar-refractivity contribution is -0.163. The van der Waals surface area contributed by atoms with E-state index in [0.29, 0.717) is 31.6 Å². The van der Waals surface area contributed by atoms with Crippen LogP contribution in [0.25, 0.3) is 16.0 Å². The Morgan fingerprint density at radius 1 is 0.787 bits per heavy atom. The molecule has 5 aromatic rings. The van der Waals surface area contributed by atoms with Gasteiger partial charge in [0, 0.05) is 50.6 Å². The summed E-state index contributed by atoms with van der Waals surface area (Å²) in [5.41, 5.74) is 6.67. The second-order valence-corrected chi connectivity index (χ2v) is 33.3. The van der Waals surface area contributed by atoms with Gasteiger partial charge in [0.05, 0.1) is 70.7 Å². The van der Waals surface area contributed by atoms with E-state index in [1.54, 1.807) is 44.5 Å². The molecule has 1 fully saturated rings. The fourth-order valence-corrected chi connectivity index (χ4v) is 14.4. The Hall–Kier alpha value is -8.67. The summed E-state index contributed by atoms with van der Waals surface area (Å²) < 4.78 is 84.1. The maximum atomic E-state index is 16.3. The number of nitrogens with two attached hydrogens (primary N) is 1. The summed E-state index contributed by atoms with van der Waals surface area (Å²) in [5, 5.41) is 22.2. The number of aryl methyl sites for hydroxylation is 3. The van der Waals surface area contributed by atoms with Crippen LogP contribution < -0.4 is 31.9 Å². The maximum absolute atomic E-state index is 16.3. The predicted octanol–water partition coefficient (Wildman–Crippen LogP) is 9.41. The molecule has 586 valence electrons. The molecule has 3 aliphatic rings. The number of aliphatic hydroxyl groups is 1. The van der Waals surface area contributed by atoms with E-state index in [1.165, 1.54) is 76.5 Å². The number of anilines is 1. The summed E-state index contributed by atoms with van der Waals surface area (Å²) >= 11 is 1.55. The van der Waals surface area contributed by atoms with Crippen molar-refractivity contribution in [1.82, 2.24) is 31.2 Å². The van der Waals surface area contributed by atoms with E-state index in [-0.39, 0.29) is 82.8 Å². The Morgan fingerprint density at radius 3 is 2.02 bits per heavy atom. The van der Waals surface area contributed by atoms with Crippen LogP contribution in [0.4, 0.5) is 14.5 Å². The van der Waals surface area contributed by atoms with Gasteiger partial charge in [0.2, 0.25) is 54.9 Å². The van der Waals surface area contributed by atoms with Crippen LogP contribution in [0, 0.1) is 23.2 Å². The first kappa shape index (κ1) is 84.9. The van der Waals surface area contributed by atoms with Gasteiger partial charge in [-0.1, -0.05) is 112 Å². The molecule has 7 atom stereocenters. The molecule has 8 rings (SSSR count). The van der Waals surface area contributed by atoms with Crippen LogP contribution in [-0.4, -0.2) is 157 Å². The van der Waals surface area contributed by atoms with E-state index in [1.807, 2.05) is 73.7 Å². The number of ether oxygens (including phenoxy) is 5. The van der Waals surface area contributed by atoms with Gasteiger partial charge in [0.1, 0.15) is 30.8 Å². The SMILES string of the molecule is C/C(=C\C(=O)N[C@H]1CCc2cccc3c2N(C1=O)[C@H](C(=O)N[C@@H](CCC(N)=O)[C@@H](C)OCc1ccc(CCCOCCOCC(=O)N[C@H](C(=O)N2C[C@H](O)C[C@H]2C(=O)NCc2ccc(-c4scnc4C)cc2)C(C)(C)C)cc1)C3)c1ccc(C(F)(F)P(=O)(OCOC(=O)C(C)(C)C)OCOC(=O)C(C)(C)C)cc1. The molecule has 0 spiro atoms. The predicted molar refractivity (Wildman–Crippen MR) is 399 cm³/mol. The summed E-state index contributed by atoms with van der Waals surface area (Å²) in [6.07, 6.45) is 1.78. The molecule has 4 aromatic carbocycles. The summed E-state index contributed by atoms with van der Waals surface area (Å²) in [5.74, 6) is -5.45. The van der Waals surface area contributed by atoms with Crippen molar-refractivity contribution in [2.24, 2.45) is 22.0 Å². The second-order valence-electron chi connectivity index (χ2n) is 30.4. The smallest absolute Gasteiger partial charge is 0.410 e. The van der Waals surface area contributed by atoms with Crippen LogP contribution in [0.3, 0.4) is 0 Å². The first-order valence-electron chi connectivity index (χ1n) is 36.0. The molecule has 30 heteroatoms. The number of carbonyl (C=O) groups is 9. The standard InChI is InChI=1S/C78H101F2N8O18PS/c1-47(53-26-29-57(30-27-53)78(79,80)107(99,105-45-103-73(97)76(7,8)9)106-46-104-74(98)77(10,11)12)37-64(91)84-60-31-28-54-16-13-17-56-38-62(88(66(54)56)71(60)95)70(94)85-59(32-33-63(81)90)49(3)102-42-52-20-18-50(19-21-52)15-14-34-100-35-36-101-43-65(92)86-68(75(4,5)6)72(96)87-41-58(89)39-61(87)69(93)82-40-51-22-24-55(25-23-51)67-48(2)83-44-108-67/h13,16-27,29-30,37,44,49,58-62,68,89H,14-15,28,31-36,38-43,45-46H2,1-12H3,(H2,81,90)(H,82,93)(H,84,91)(H,85,94)(H,86,92)/b47-37+/t49-,58-,59+,60+,61+,62+,68-/m1/s1. The average Bonchev–Trinajstić information content (AvgIpc) is 1.58. The summed E-state index contributed by atoms with van der Waals surface area (Å²) in [7, 11) is -5.62. The van der Waals surface area contributed by atoms with Gasteiger partial charge >= 0.3 is 25.2 Å². The fourth-order valence-electron chi connectivity index (χ4n) is 12.4. The quantitative estimate of drug-likeness (QED) is 0.00723. The highest BCUT2D eigenvalue weighted by Gasteiger charge is 2.56. The number of nitrogens with zero attached hydrogens (tertiary/aromatic N) is 3. The molecule has 1 saturated heterocycles. The van der Waals surface area contributed by atoms with Crippen molar-refractivity contribution in [3.63, 3.8) is 0 Å². The van der Waals surface area contributed by atoms with E-state index < -0.39 is 144 Å². The Balaban J connectivity index is 0.780. The molecular weight excluding hydrogens is 1440 g/mol. The molecule has 0 bridgehead atoms. The normalized spacial score (nSPS) is 17.8. The average molecular weight is 1540 g/mol. The van der Waals surface area contributed by atoms with E-state index in [9.17, 15) is 52.8 Å². The van der Waals surface area contributed by atoms with Crippen molar-refractivity contribution < 1.29 is 94.3 Å². The van der Waals surface area contributed by atoms with Gasteiger partial charge in [0.15, 0.2) is 0 Å². The van der Waals surface area contributed by atoms with E-state index in [0.717, 1.165) is 56.1 Å². The number of likely N-dealkylation sites (tertiary alicyclic amines) is 1. The molecular formula is C78H101F2N8O18PS. The molecule has 0 aliphatic carbocycles. The van der Waals surface area contributed by atoms with E-state index in [2.05, 4.69) is 26.3 Å². The van der Waals surface area contributed by atoms with E-state index in [4.69, 9.17) is 38.5 Å². The lowest BCUT2D eigenvalue weighted by atomic mass is 9.85. The number of primary amides is 1. The van der Waals surface area contributed by atoms with Gasteiger partial charge < -0.3 is 60.7 Å². The summed E-state index contributed by atoms with van der Waals surface area (Å²) in [6, 6.07) is 20.6. The molecule has 26 nitrogen and oxygen atoms in total. The topological polar surface area (TPSA) is 349 Å². The minimum absolute atomic E-state index is 0.0577. The van der Waals surface area contributed by atoms with Crippen LogP contribution >= 0.6 is 18.9 Å². The third-order valence-electron chi connectivity index (χ3n) is 18.7. The Labute approximate surface area is 632 Å². The third kappa shape index (κ3) is 22.7. The number of hydrogen-bond acceptors (Lipinski definition) is 20. The van der Waals surface area contributed by atoms with Gasteiger partial charge in [-0.15, -0.1) is 11.3 Å². The number of aromatic nitrogens is 1. The number of para-hydroxylation sites is 1. The van der Waals surface area contributed by atoms with Crippen molar-refractivity contribution >= 4 is 83.5 Å². The second kappa shape index (κ2) is 37.2. The van der Waals surface area contributed by atoms with Crippen LogP contribution in [0.2, 0.25) is 0 Å². The lowest BCUT2D eigenvalue weighted by Crippen LogP contribution is -2.58. The van der Waals surface area contributed by atoms with Gasteiger partial charge in [-0.2, -0.15) is 8.78 Å². The molecule has 0 radical (unpaired) electrons. The summed E-state index contributed by atoms with van der Waals surface area (Å²) in [6.45, 7) is 18.1.